The Bertz CT molecular complexity index is 909. The fraction of sp³-hybridized carbons (Fsp3) is 0.222. The summed E-state index contributed by atoms with van der Waals surface area (Å²) in [5, 5.41) is 10.7. The molecule has 0 saturated carbocycles. The maximum absolute atomic E-state index is 12.4. The Morgan fingerprint density at radius 2 is 1.96 bits per heavy atom. The van der Waals surface area contributed by atoms with Crippen LogP contribution in [0.25, 0.3) is 10.7 Å². The van der Waals surface area contributed by atoms with E-state index in [0.717, 1.165) is 10.4 Å². The molecule has 27 heavy (non-hydrogen) atoms. The summed E-state index contributed by atoms with van der Waals surface area (Å²) in [4.78, 5) is 26.5. The number of primary amides is 1. The molecule has 0 fully saturated rings. The Balaban J connectivity index is 1.68. The fourth-order valence-electron chi connectivity index (χ4n) is 2.46. The summed E-state index contributed by atoms with van der Waals surface area (Å²) < 4.78 is 1.66. The van der Waals surface area contributed by atoms with Crippen LogP contribution < -0.4 is 5.73 Å². The first-order chi connectivity index (χ1) is 13.0. The van der Waals surface area contributed by atoms with E-state index in [9.17, 15) is 9.59 Å². The van der Waals surface area contributed by atoms with Gasteiger partial charge in [-0.25, -0.2) is 0 Å². The molecule has 7 nitrogen and oxygen atoms in total. The average molecular weight is 402 g/mol. The number of amides is 2. The highest BCUT2D eigenvalue weighted by Crippen LogP contribution is 2.27. The molecule has 0 spiro atoms. The average Bonchev–Trinajstić information content (AvgIpc) is 3.30. The molecule has 9 heteroatoms. The van der Waals surface area contributed by atoms with Crippen LogP contribution in [0.15, 0.2) is 53.0 Å². The summed E-state index contributed by atoms with van der Waals surface area (Å²) in [6.07, 6.45) is 0. The van der Waals surface area contributed by atoms with E-state index in [2.05, 4.69) is 10.2 Å². The van der Waals surface area contributed by atoms with Crippen LogP contribution in [-0.2, 0) is 22.7 Å². The summed E-state index contributed by atoms with van der Waals surface area (Å²) in [5.41, 5.74) is 6.43. The minimum atomic E-state index is -0.484. The Hall–Kier alpha value is -2.65. The number of thioether (sulfide) groups is 1. The molecule has 2 amide bonds. The van der Waals surface area contributed by atoms with Crippen molar-refractivity contribution in [1.29, 1.82) is 0 Å². The molecule has 0 aliphatic rings. The lowest BCUT2D eigenvalue weighted by atomic mass is 10.2. The van der Waals surface area contributed by atoms with Gasteiger partial charge >= 0.3 is 0 Å². The number of nitrogens with zero attached hydrogens (tertiary/aromatic N) is 4. The van der Waals surface area contributed by atoms with Crippen molar-refractivity contribution in [2.45, 2.75) is 18.2 Å². The van der Waals surface area contributed by atoms with Crippen molar-refractivity contribution < 1.29 is 9.59 Å². The molecule has 3 rings (SSSR count). The molecule has 2 N–H and O–H groups in total. The monoisotopic (exact) mass is 401 g/mol. The zero-order chi connectivity index (χ0) is 19.2. The lowest BCUT2D eigenvalue weighted by molar-refractivity contribution is -0.127. The molecule has 3 aromatic rings. The first-order valence-electron chi connectivity index (χ1n) is 8.20. The van der Waals surface area contributed by atoms with E-state index in [4.69, 9.17) is 5.73 Å². The molecular formula is C18H19N5O2S2. The molecule has 1 aromatic carbocycles. The zero-order valence-electron chi connectivity index (χ0n) is 14.7. The topological polar surface area (TPSA) is 94.1 Å². The van der Waals surface area contributed by atoms with Crippen molar-refractivity contribution in [2.75, 3.05) is 12.8 Å². The minimum Gasteiger partial charge on any atom is -0.368 e. The standard InChI is InChI=1S/C18H19N5O2S2/c1-22(10-13-6-3-2-4-7-13)16(25)12-27-18-21-20-17(14-8-5-9-26-14)23(18)11-15(19)24/h2-9H,10-12H2,1H3,(H2,19,24). The molecule has 140 valence electrons. The van der Waals surface area contributed by atoms with Crippen LogP contribution in [0.1, 0.15) is 5.56 Å². The summed E-state index contributed by atoms with van der Waals surface area (Å²) in [6.45, 7) is 0.505. The van der Waals surface area contributed by atoms with E-state index in [0.29, 0.717) is 17.5 Å². The first-order valence-corrected chi connectivity index (χ1v) is 10.1. The summed E-state index contributed by atoms with van der Waals surface area (Å²) in [6, 6.07) is 13.6. The van der Waals surface area contributed by atoms with Crippen molar-refractivity contribution in [3.8, 4) is 10.7 Å². The van der Waals surface area contributed by atoms with Gasteiger partial charge in [0, 0.05) is 13.6 Å². The zero-order valence-corrected chi connectivity index (χ0v) is 16.4. The van der Waals surface area contributed by atoms with Crippen LogP contribution >= 0.6 is 23.1 Å². The van der Waals surface area contributed by atoms with Gasteiger partial charge in [-0.2, -0.15) is 0 Å². The van der Waals surface area contributed by atoms with Crippen LogP contribution in [0.5, 0.6) is 0 Å². The van der Waals surface area contributed by atoms with Gasteiger partial charge in [-0.3, -0.25) is 14.2 Å². The molecule has 0 atom stereocenters. The number of hydrogen-bond donors (Lipinski definition) is 1. The van der Waals surface area contributed by atoms with Crippen molar-refractivity contribution in [3.63, 3.8) is 0 Å². The Morgan fingerprint density at radius 1 is 1.19 bits per heavy atom. The predicted octanol–water partition coefficient (Wildman–Crippen LogP) is 2.24. The normalized spacial score (nSPS) is 10.7. The van der Waals surface area contributed by atoms with Gasteiger partial charge in [0.25, 0.3) is 0 Å². The summed E-state index contributed by atoms with van der Waals surface area (Å²) >= 11 is 2.75. The second-order valence-corrected chi connectivity index (χ2v) is 7.75. The number of carbonyl (C=O) groups excluding carboxylic acids is 2. The van der Waals surface area contributed by atoms with Crippen LogP contribution in [0.3, 0.4) is 0 Å². The first kappa shape index (κ1) is 19.1. The molecule has 2 heterocycles. The van der Waals surface area contributed by atoms with E-state index >= 15 is 0 Å². The van der Waals surface area contributed by atoms with Gasteiger partial charge < -0.3 is 10.6 Å². The molecule has 0 aliphatic carbocycles. The Morgan fingerprint density at radius 3 is 2.63 bits per heavy atom. The number of carbonyl (C=O) groups is 2. The summed E-state index contributed by atoms with van der Waals surface area (Å²) in [7, 11) is 1.76. The molecule has 0 saturated heterocycles. The van der Waals surface area contributed by atoms with Crippen molar-refractivity contribution in [3.05, 3.63) is 53.4 Å². The Kier molecular flexibility index (Phi) is 6.25. The van der Waals surface area contributed by atoms with Crippen LogP contribution in [0.4, 0.5) is 0 Å². The molecule has 0 aliphatic heterocycles. The quantitative estimate of drug-likeness (QED) is 0.584. The van der Waals surface area contributed by atoms with Crippen LogP contribution in [0.2, 0.25) is 0 Å². The maximum Gasteiger partial charge on any atom is 0.237 e. The van der Waals surface area contributed by atoms with Gasteiger partial charge in [0.1, 0.15) is 6.54 Å². The van der Waals surface area contributed by atoms with Crippen LogP contribution in [0, 0.1) is 0 Å². The number of benzene rings is 1. The van der Waals surface area contributed by atoms with E-state index in [1.807, 2.05) is 47.8 Å². The number of rotatable bonds is 8. The molecule has 0 bridgehead atoms. The Labute approximate surface area is 165 Å². The van der Waals surface area contributed by atoms with E-state index in [-0.39, 0.29) is 18.2 Å². The second kappa shape index (κ2) is 8.83. The number of nitrogens with two attached hydrogens (primary N) is 1. The van der Waals surface area contributed by atoms with Gasteiger partial charge in [-0.15, -0.1) is 21.5 Å². The highest BCUT2D eigenvalue weighted by molar-refractivity contribution is 7.99. The van der Waals surface area contributed by atoms with Crippen molar-refractivity contribution in [2.24, 2.45) is 5.73 Å². The predicted molar refractivity (Wildman–Crippen MR) is 106 cm³/mol. The highest BCUT2D eigenvalue weighted by Gasteiger charge is 2.18. The maximum atomic E-state index is 12.4. The third-order valence-corrected chi connectivity index (χ3v) is 5.60. The number of hydrogen-bond acceptors (Lipinski definition) is 6. The SMILES string of the molecule is CN(Cc1ccccc1)C(=O)CSc1nnc(-c2cccs2)n1CC(N)=O. The van der Waals surface area contributed by atoms with Crippen LogP contribution in [-0.4, -0.2) is 44.3 Å². The number of thiophene rings is 1. The molecular weight excluding hydrogens is 382 g/mol. The minimum absolute atomic E-state index is 0.0311. The smallest absolute Gasteiger partial charge is 0.237 e. The number of aromatic nitrogens is 3. The molecule has 0 radical (unpaired) electrons. The van der Waals surface area contributed by atoms with E-state index in [1.54, 1.807) is 16.5 Å². The second-order valence-electron chi connectivity index (χ2n) is 5.86. The van der Waals surface area contributed by atoms with E-state index in [1.165, 1.54) is 23.1 Å². The van der Waals surface area contributed by atoms with Gasteiger partial charge in [0.15, 0.2) is 11.0 Å². The van der Waals surface area contributed by atoms with E-state index < -0.39 is 5.91 Å². The summed E-state index contributed by atoms with van der Waals surface area (Å²) in [5.74, 6) is 0.263. The third-order valence-electron chi connectivity index (χ3n) is 3.79. The lowest BCUT2D eigenvalue weighted by Gasteiger charge is -2.17. The van der Waals surface area contributed by atoms with Gasteiger partial charge in [0.05, 0.1) is 10.6 Å². The van der Waals surface area contributed by atoms with Gasteiger partial charge in [-0.1, -0.05) is 48.2 Å². The van der Waals surface area contributed by atoms with Crippen molar-refractivity contribution in [1.82, 2.24) is 19.7 Å². The lowest BCUT2D eigenvalue weighted by Crippen LogP contribution is -2.28. The molecule has 0 unspecified atom stereocenters. The highest BCUT2D eigenvalue weighted by atomic mass is 32.2. The van der Waals surface area contributed by atoms with Crippen molar-refractivity contribution >= 4 is 34.9 Å². The largest absolute Gasteiger partial charge is 0.368 e. The fourth-order valence-corrected chi connectivity index (χ4v) is 4.06. The molecule has 2 aromatic heterocycles. The van der Waals surface area contributed by atoms with Gasteiger partial charge in [-0.05, 0) is 17.0 Å². The third kappa shape index (κ3) is 4.95. The van der Waals surface area contributed by atoms with Gasteiger partial charge in [0.2, 0.25) is 11.8 Å².